The Balaban J connectivity index is 2.03. The molecule has 1 heterocycles. The average Bonchev–Trinajstić information content (AvgIpc) is 2.52. The lowest BCUT2D eigenvalue weighted by Crippen LogP contribution is -2.40. The molecule has 0 aliphatic carbocycles. The van der Waals surface area contributed by atoms with Crippen molar-refractivity contribution in [2.24, 2.45) is 0 Å². The maximum atomic E-state index is 14.0. The molecule has 24 heavy (non-hydrogen) atoms. The fourth-order valence-corrected chi connectivity index (χ4v) is 3.08. The summed E-state index contributed by atoms with van der Waals surface area (Å²) >= 11 is 12.5. The molecule has 0 unspecified atom stereocenters. The maximum absolute atomic E-state index is 14.0. The van der Waals surface area contributed by atoms with Gasteiger partial charge in [-0.05, 0) is 18.2 Å². The van der Waals surface area contributed by atoms with Gasteiger partial charge in [-0.25, -0.2) is 4.39 Å². The van der Waals surface area contributed by atoms with Crippen molar-refractivity contribution < 1.29 is 18.7 Å². The highest BCUT2D eigenvalue weighted by molar-refractivity contribution is 6.39. The predicted molar refractivity (Wildman–Crippen MR) is 90.5 cm³/mol. The van der Waals surface area contributed by atoms with E-state index in [9.17, 15) is 9.18 Å². The van der Waals surface area contributed by atoms with E-state index in [1.165, 1.54) is 19.1 Å². The minimum atomic E-state index is -0.483. The molecule has 2 aromatic rings. The lowest BCUT2D eigenvalue weighted by atomic mass is 10.0. The standard InChI is InChI=1S/C17H14Cl2FNO3/c1-9(22)21-7-11-8-23-15-6-10(20)5-12(17(15)24-11)16-13(18)3-2-4-14(16)19/h2-6,11H,7-8H2,1H3,(H,21,22)/t11-/m0/s1. The highest BCUT2D eigenvalue weighted by Crippen LogP contribution is 2.46. The highest BCUT2D eigenvalue weighted by atomic mass is 35.5. The molecule has 1 aliphatic rings. The summed E-state index contributed by atoms with van der Waals surface area (Å²) in [7, 11) is 0. The first-order chi connectivity index (χ1) is 11.5. The average molecular weight is 370 g/mol. The molecule has 3 rings (SSSR count). The number of nitrogens with one attached hydrogen (secondary N) is 1. The number of hydrogen-bond donors (Lipinski definition) is 1. The number of halogens is 3. The second kappa shape index (κ2) is 6.87. The lowest BCUT2D eigenvalue weighted by Gasteiger charge is -2.28. The second-order valence-electron chi connectivity index (χ2n) is 5.37. The third kappa shape index (κ3) is 3.42. The number of carbonyl (C=O) groups is 1. The predicted octanol–water partition coefficient (Wildman–Crippen LogP) is 4.08. The fourth-order valence-electron chi connectivity index (χ4n) is 2.48. The fraction of sp³-hybridized carbons (Fsp3) is 0.235. The highest BCUT2D eigenvalue weighted by Gasteiger charge is 2.27. The first-order valence-corrected chi connectivity index (χ1v) is 8.03. The molecule has 1 amide bonds. The van der Waals surface area contributed by atoms with Gasteiger partial charge in [0.25, 0.3) is 0 Å². The first kappa shape index (κ1) is 16.9. The van der Waals surface area contributed by atoms with E-state index in [-0.39, 0.29) is 24.8 Å². The number of benzene rings is 2. The molecule has 4 nitrogen and oxygen atoms in total. The van der Waals surface area contributed by atoms with Crippen LogP contribution in [0.15, 0.2) is 30.3 Å². The van der Waals surface area contributed by atoms with Gasteiger partial charge in [-0.1, -0.05) is 29.3 Å². The largest absolute Gasteiger partial charge is 0.486 e. The molecule has 0 spiro atoms. The summed E-state index contributed by atoms with van der Waals surface area (Å²) in [6.45, 7) is 1.90. The zero-order chi connectivity index (χ0) is 17.3. The molecule has 0 bridgehead atoms. The quantitative estimate of drug-likeness (QED) is 0.886. The van der Waals surface area contributed by atoms with Gasteiger partial charge >= 0.3 is 0 Å². The van der Waals surface area contributed by atoms with Crippen LogP contribution in [0.25, 0.3) is 11.1 Å². The molecule has 1 atom stereocenters. The Labute approximate surface area is 148 Å². The Morgan fingerprint density at radius 3 is 2.71 bits per heavy atom. The summed E-state index contributed by atoms with van der Waals surface area (Å²) in [6, 6.07) is 7.59. The van der Waals surface area contributed by atoms with Crippen molar-refractivity contribution in [1.82, 2.24) is 5.32 Å². The molecule has 0 saturated carbocycles. The summed E-state index contributed by atoms with van der Waals surface area (Å²) < 4.78 is 25.5. The smallest absolute Gasteiger partial charge is 0.217 e. The molecule has 1 aliphatic heterocycles. The Kier molecular flexibility index (Phi) is 4.83. The number of fused-ring (bicyclic) bond motifs is 1. The molecule has 1 N–H and O–H groups in total. The third-order valence-electron chi connectivity index (χ3n) is 3.54. The van der Waals surface area contributed by atoms with Crippen molar-refractivity contribution in [2.75, 3.05) is 13.2 Å². The molecule has 2 aromatic carbocycles. The van der Waals surface area contributed by atoms with Crippen LogP contribution >= 0.6 is 23.2 Å². The summed E-state index contributed by atoms with van der Waals surface area (Å²) in [6.07, 6.45) is -0.396. The van der Waals surface area contributed by atoms with Crippen LogP contribution in [0.4, 0.5) is 4.39 Å². The van der Waals surface area contributed by atoms with E-state index in [0.717, 1.165) is 0 Å². The van der Waals surface area contributed by atoms with Gasteiger partial charge in [0, 0.05) is 24.1 Å². The summed E-state index contributed by atoms with van der Waals surface area (Å²) in [5.41, 5.74) is 0.883. The number of carbonyl (C=O) groups excluding carboxylic acids is 1. The minimum Gasteiger partial charge on any atom is -0.486 e. The monoisotopic (exact) mass is 369 g/mol. The van der Waals surface area contributed by atoms with Crippen LogP contribution in [-0.2, 0) is 4.79 Å². The molecule has 0 fully saturated rings. The van der Waals surface area contributed by atoms with Gasteiger partial charge in [0.1, 0.15) is 18.5 Å². The molecular formula is C17H14Cl2FNO3. The topological polar surface area (TPSA) is 47.6 Å². The Hall–Kier alpha value is -1.98. The van der Waals surface area contributed by atoms with Crippen molar-refractivity contribution in [3.05, 3.63) is 46.2 Å². The van der Waals surface area contributed by atoms with E-state index >= 15 is 0 Å². The van der Waals surface area contributed by atoms with E-state index in [2.05, 4.69) is 5.32 Å². The van der Waals surface area contributed by atoms with Gasteiger partial charge < -0.3 is 14.8 Å². The Bertz CT molecular complexity index is 777. The van der Waals surface area contributed by atoms with Crippen molar-refractivity contribution in [3.63, 3.8) is 0 Å². The van der Waals surface area contributed by atoms with E-state index in [0.29, 0.717) is 26.9 Å². The van der Waals surface area contributed by atoms with Crippen LogP contribution in [0, 0.1) is 5.82 Å². The summed E-state index contributed by atoms with van der Waals surface area (Å²) in [5, 5.41) is 3.42. The van der Waals surface area contributed by atoms with Crippen molar-refractivity contribution in [2.45, 2.75) is 13.0 Å². The molecule has 0 aromatic heterocycles. The summed E-state index contributed by atoms with van der Waals surface area (Å²) in [5.74, 6) is -0.0189. The van der Waals surface area contributed by atoms with E-state index < -0.39 is 11.9 Å². The second-order valence-corrected chi connectivity index (χ2v) is 6.18. The summed E-state index contributed by atoms with van der Waals surface area (Å²) in [4.78, 5) is 11.1. The molecular weight excluding hydrogens is 356 g/mol. The van der Waals surface area contributed by atoms with Crippen molar-refractivity contribution in [1.29, 1.82) is 0 Å². The van der Waals surface area contributed by atoms with Gasteiger partial charge in [-0.2, -0.15) is 0 Å². The maximum Gasteiger partial charge on any atom is 0.217 e. The number of hydrogen-bond acceptors (Lipinski definition) is 3. The zero-order valence-electron chi connectivity index (χ0n) is 12.7. The van der Waals surface area contributed by atoms with Crippen molar-refractivity contribution >= 4 is 29.1 Å². The Morgan fingerprint density at radius 1 is 1.33 bits per heavy atom. The number of ether oxygens (including phenoxy) is 2. The van der Waals surface area contributed by atoms with Crippen LogP contribution in [0.5, 0.6) is 11.5 Å². The van der Waals surface area contributed by atoms with Gasteiger partial charge in [-0.3, -0.25) is 4.79 Å². The van der Waals surface area contributed by atoms with Crippen molar-refractivity contribution in [3.8, 4) is 22.6 Å². The van der Waals surface area contributed by atoms with Gasteiger partial charge in [-0.15, -0.1) is 0 Å². The number of rotatable bonds is 3. The molecule has 0 radical (unpaired) electrons. The van der Waals surface area contributed by atoms with Gasteiger partial charge in [0.05, 0.1) is 16.6 Å². The van der Waals surface area contributed by atoms with Gasteiger partial charge in [0.15, 0.2) is 11.5 Å². The van der Waals surface area contributed by atoms with E-state index in [1.54, 1.807) is 18.2 Å². The lowest BCUT2D eigenvalue weighted by molar-refractivity contribution is -0.119. The molecule has 126 valence electrons. The minimum absolute atomic E-state index is 0.169. The van der Waals surface area contributed by atoms with E-state index in [4.69, 9.17) is 32.7 Å². The SMILES string of the molecule is CC(=O)NC[C@H]1COc2cc(F)cc(-c3c(Cl)cccc3Cl)c2O1. The van der Waals surface area contributed by atoms with E-state index in [1.807, 2.05) is 0 Å². The van der Waals surface area contributed by atoms with Crippen LogP contribution in [0.1, 0.15) is 6.92 Å². The van der Waals surface area contributed by atoms with Gasteiger partial charge in [0.2, 0.25) is 5.91 Å². The normalized spacial score (nSPS) is 15.9. The zero-order valence-corrected chi connectivity index (χ0v) is 14.2. The Morgan fingerprint density at radius 2 is 2.04 bits per heavy atom. The van der Waals surface area contributed by atoms with Crippen LogP contribution in [-0.4, -0.2) is 25.2 Å². The molecule has 7 heteroatoms. The van der Waals surface area contributed by atoms with Crippen LogP contribution in [0.2, 0.25) is 10.0 Å². The molecule has 0 saturated heterocycles. The third-order valence-corrected chi connectivity index (χ3v) is 4.17. The van der Waals surface area contributed by atoms with Crippen LogP contribution in [0.3, 0.4) is 0 Å². The van der Waals surface area contributed by atoms with Crippen LogP contribution < -0.4 is 14.8 Å². The first-order valence-electron chi connectivity index (χ1n) is 7.27. The number of amides is 1.